The lowest BCUT2D eigenvalue weighted by Crippen LogP contribution is -2.51. The van der Waals surface area contributed by atoms with Crippen LogP contribution in [0, 0.1) is 0 Å². The summed E-state index contributed by atoms with van der Waals surface area (Å²) in [5.74, 6) is 0.965. The molecule has 6 heteroatoms. The van der Waals surface area contributed by atoms with Gasteiger partial charge in [-0.3, -0.25) is 4.99 Å². The Morgan fingerprint density at radius 2 is 1.82 bits per heavy atom. The maximum atomic E-state index is 4.49. The first kappa shape index (κ1) is 22.3. The van der Waals surface area contributed by atoms with Gasteiger partial charge in [0.15, 0.2) is 5.96 Å². The summed E-state index contributed by atoms with van der Waals surface area (Å²) in [5.41, 5.74) is 1.70. The zero-order valence-electron chi connectivity index (χ0n) is 16.9. The molecule has 1 aliphatic heterocycles. The van der Waals surface area contributed by atoms with Crippen molar-refractivity contribution in [2.45, 2.75) is 68.9 Å². The van der Waals surface area contributed by atoms with Crippen LogP contribution in [-0.4, -0.2) is 49.6 Å². The number of benzene rings is 1. The Morgan fingerprint density at radius 1 is 1.14 bits per heavy atom. The van der Waals surface area contributed by atoms with E-state index in [1.807, 2.05) is 7.05 Å². The van der Waals surface area contributed by atoms with Crippen molar-refractivity contribution < 1.29 is 0 Å². The van der Waals surface area contributed by atoms with E-state index in [1.54, 1.807) is 0 Å². The van der Waals surface area contributed by atoms with E-state index in [0.717, 1.165) is 18.5 Å². The van der Waals surface area contributed by atoms with Crippen LogP contribution in [0.15, 0.2) is 33.7 Å². The van der Waals surface area contributed by atoms with Crippen molar-refractivity contribution in [1.82, 2.24) is 15.5 Å². The standard InChI is InChI=1S/C22H33BrN4.HI/c1-24-21(25-16-22(12-13-22)19-8-4-5-9-20(19)23)26-17-10-14-27(15-11-17)18-6-2-3-7-18;/h4-5,8-9,17-18H,2-3,6-7,10-16H2,1H3,(H2,24,25,26);1H. The second-order valence-electron chi connectivity index (χ2n) is 8.58. The lowest BCUT2D eigenvalue weighted by Gasteiger charge is -2.36. The number of likely N-dealkylation sites (tertiary alicyclic amines) is 1. The Hall–Kier alpha value is -0.340. The minimum atomic E-state index is 0. The molecule has 4 nitrogen and oxygen atoms in total. The third-order valence-corrected chi connectivity index (χ3v) is 7.52. The van der Waals surface area contributed by atoms with Crippen molar-refractivity contribution in [3.8, 4) is 0 Å². The number of hydrogen-bond donors (Lipinski definition) is 2. The molecule has 3 aliphatic rings. The van der Waals surface area contributed by atoms with Crippen LogP contribution >= 0.6 is 39.9 Å². The number of rotatable bonds is 5. The molecule has 0 amide bonds. The van der Waals surface area contributed by atoms with Gasteiger partial charge >= 0.3 is 0 Å². The zero-order chi connectivity index (χ0) is 18.7. The fourth-order valence-electron chi connectivity index (χ4n) is 4.90. The molecule has 28 heavy (non-hydrogen) atoms. The minimum Gasteiger partial charge on any atom is -0.356 e. The summed E-state index contributed by atoms with van der Waals surface area (Å²) in [6.45, 7) is 3.43. The topological polar surface area (TPSA) is 39.7 Å². The van der Waals surface area contributed by atoms with Gasteiger partial charge in [0, 0.05) is 48.7 Å². The molecular weight excluding hydrogens is 527 g/mol. The van der Waals surface area contributed by atoms with Gasteiger partial charge in [0.2, 0.25) is 0 Å². The number of piperidine rings is 1. The molecule has 0 spiro atoms. The maximum absolute atomic E-state index is 4.49. The molecule has 2 aliphatic carbocycles. The van der Waals surface area contributed by atoms with E-state index in [0.29, 0.717) is 6.04 Å². The molecule has 1 aromatic carbocycles. The highest BCUT2D eigenvalue weighted by Gasteiger charge is 2.45. The van der Waals surface area contributed by atoms with Crippen molar-refractivity contribution in [2.24, 2.45) is 4.99 Å². The van der Waals surface area contributed by atoms with Crippen LogP contribution in [0.3, 0.4) is 0 Å². The molecule has 1 aromatic rings. The average molecular weight is 561 g/mol. The van der Waals surface area contributed by atoms with Gasteiger partial charge in [-0.15, -0.1) is 24.0 Å². The SMILES string of the molecule is CN=C(NCC1(c2ccccc2Br)CC1)NC1CCN(C2CCCC2)CC1.I. The van der Waals surface area contributed by atoms with Gasteiger partial charge in [-0.1, -0.05) is 47.0 Å². The quantitative estimate of drug-likeness (QED) is 0.312. The Morgan fingerprint density at radius 3 is 2.43 bits per heavy atom. The Balaban J connectivity index is 0.00000225. The van der Waals surface area contributed by atoms with E-state index in [-0.39, 0.29) is 29.4 Å². The molecule has 4 rings (SSSR count). The van der Waals surface area contributed by atoms with Crippen LogP contribution in [-0.2, 0) is 5.41 Å². The second kappa shape index (κ2) is 10.1. The number of aliphatic imine (C=N–C) groups is 1. The van der Waals surface area contributed by atoms with Crippen molar-refractivity contribution in [3.63, 3.8) is 0 Å². The summed E-state index contributed by atoms with van der Waals surface area (Å²) >= 11 is 3.73. The Bertz CT molecular complexity index is 662. The molecule has 0 atom stereocenters. The van der Waals surface area contributed by atoms with Crippen LogP contribution in [0.1, 0.15) is 56.9 Å². The minimum absolute atomic E-state index is 0. The smallest absolute Gasteiger partial charge is 0.191 e. The predicted molar refractivity (Wildman–Crippen MR) is 132 cm³/mol. The van der Waals surface area contributed by atoms with Crippen molar-refractivity contribution >= 4 is 45.9 Å². The number of hydrogen-bond acceptors (Lipinski definition) is 2. The fourth-order valence-corrected chi connectivity index (χ4v) is 5.61. The predicted octanol–water partition coefficient (Wildman–Crippen LogP) is 4.67. The molecule has 0 radical (unpaired) electrons. The third kappa shape index (κ3) is 5.22. The summed E-state index contributed by atoms with van der Waals surface area (Å²) in [4.78, 5) is 7.22. The molecule has 2 saturated carbocycles. The Labute approximate surface area is 195 Å². The monoisotopic (exact) mass is 560 g/mol. The van der Waals surface area contributed by atoms with Gasteiger partial charge in [0.25, 0.3) is 0 Å². The molecular formula is C22H34BrIN4. The van der Waals surface area contributed by atoms with Gasteiger partial charge in [0.05, 0.1) is 0 Å². The number of nitrogens with one attached hydrogen (secondary N) is 2. The molecule has 0 aromatic heterocycles. The lowest BCUT2D eigenvalue weighted by atomic mass is 9.96. The summed E-state index contributed by atoms with van der Waals surface area (Å²) in [7, 11) is 1.89. The molecule has 156 valence electrons. The first-order valence-corrected chi connectivity index (χ1v) is 11.5. The maximum Gasteiger partial charge on any atom is 0.191 e. The zero-order valence-corrected chi connectivity index (χ0v) is 20.8. The third-order valence-electron chi connectivity index (χ3n) is 6.83. The van der Waals surface area contributed by atoms with Crippen LogP contribution < -0.4 is 10.6 Å². The summed E-state index contributed by atoms with van der Waals surface area (Å²) in [5, 5.41) is 7.30. The highest BCUT2D eigenvalue weighted by atomic mass is 127. The summed E-state index contributed by atoms with van der Waals surface area (Å²) in [6, 6.07) is 10.1. The van der Waals surface area contributed by atoms with Crippen LogP contribution in [0.5, 0.6) is 0 Å². The number of guanidine groups is 1. The first-order valence-electron chi connectivity index (χ1n) is 10.7. The number of halogens is 2. The van der Waals surface area contributed by atoms with E-state index >= 15 is 0 Å². The molecule has 0 unspecified atom stereocenters. The van der Waals surface area contributed by atoms with Gasteiger partial charge in [-0.05, 0) is 50.2 Å². The second-order valence-corrected chi connectivity index (χ2v) is 9.43. The van der Waals surface area contributed by atoms with Gasteiger partial charge in [-0.25, -0.2) is 0 Å². The van der Waals surface area contributed by atoms with Crippen LogP contribution in [0.2, 0.25) is 0 Å². The van der Waals surface area contributed by atoms with Gasteiger partial charge < -0.3 is 15.5 Å². The van der Waals surface area contributed by atoms with E-state index < -0.39 is 0 Å². The highest BCUT2D eigenvalue weighted by Crippen LogP contribution is 2.49. The molecule has 2 N–H and O–H groups in total. The summed E-state index contributed by atoms with van der Waals surface area (Å²) in [6.07, 6.45) is 10.6. The lowest BCUT2D eigenvalue weighted by molar-refractivity contribution is 0.150. The molecule has 1 saturated heterocycles. The summed E-state index contributed by atoms with van der Waals surface area (Å²) < 4.78 is 1.23. The normalized spacial score (nSPS) is 23.3. The van der Waals surface area contributed by atoms with Gasteiger partial charge in [-0.2, -0.15) is 0 Å². The Kier molecular flexibility index (Phi) is 8.07. The molecule has 1 heterocycles. The first-order chi connectivity index (χ1) is 13.2. The van der Waals surface area contributed by atoms with E-state index in [4.69, 9.17) is 0 Å². The van der Waals surface area contributed by atoms with Crippen molar-refractivity contribution in [3.05, 3.63) is 34.3 Å². The molecule has 0 bridgehead atoms. The fraction of sp³-hybridized carbons (Fsp3) is 0.682. The average Bonchev–Trinajstić information content (AvgIpc) is 3.28. The molecule has 3 fully saturated rings. The van der Waals surface area contributed by atoms with E-state index in [9.17, 15) is 0 Å². The highest BCUT2D eigenvalue weighted by molar-refractivity contribution is 14.0. The van der Waals surface area contributed by atoms with E-state index in [1.165, 1.54) is 74.5 Å². The van der Waals surface area contributed by atoms with Crippen molar-refractivity contribution in [2.75, 3.05) is 26.7 Å². The van der Waals surface area contributed by atoms with Crippen molar-refractivity contribution in [1.29, 1.82) is 0 Å². The van der Waals surface area contributed by atoms with Gasteiger partial charge in [0.1, 0.15) is 0 Å². The van der Waals surface area contributed by atoms with Crippen LogP contribution in [0.25, 0.3) is 0 Å². The largest absolute Gasteiger partial charge is 0.356 e. The van der Waals surface area contributed by atoms with E-state index in [2.05, 4.69) is 60.7 Å². The number of nitrogens with zero attached hydrogens (tertiary/aromatic N) is 2. The van der Waals surface area contributed by atoms with Crippen LogP contribution in [0.4, 0.5) is 0 Å².